The quantitative estimate of drug-likeness (QED) is 0.479. The average Bonchev–Trinajstić information content (AvgIpc) is 2.91. The predicted octanol–water partition coefficient (Wildman–Crippen LogP) is 5.40. The Labute approximate surface area is 189 Å². The number of para-hydroxylation sites is 1. The zero-order chi connectivity index (χ0) is 22.8. The van der Waals surface area contributed by atoms with Crippen LogP contribution in [0.15, 0.2) is 47.6 Å². The van der Waals surface area contributed by atoms with E-state index in [1.165, 1.54) is 22.7 Å². The van der Waals surface area contributed by atoms with Crippen LogP contribution < -0.4 is 9.64 Å². The van der Waals surface area contributed by atoms with E-state index in [0.29, 0.717) is 28.0 Å². The molecule has 6 nitrogen and oxygen atoms in total. The Morgan fingerprint density at radius 2 is 1.97 bits per heavy atom. The molecule has 32 heavy (non-hydrogen) atoms. The number of ether oxygens (including phenoxy) is 1. The third-order valence-electron chi connectivity index (χ3n) is 4.86. The topological polar surface area (TPSA) is 68.2 Å². The van der Waals surface area contributed by atoms with Gasteiger partial charge in [-0.3, -0.25) is 9.69 Å². The highest BCUT2D eigenvalue weighted by molar-refractivity contribution is 7.99. The summed E-state index contributed by atoms with van der Waals surface area (Å²) in [5, 5.41) is 8.97. The normalized spacial score (nSPS) is 15.1. The lowest BCUT2D eigenvalue weighted by atomic mass is 10.1. The fourth-order valence-electron chi connectivity index (χ4n) is 3.36. The highest BCUT2D eigenvalue weighted by Gasteiger charge is 2.36. The summed E-state index contributed by atoms with van der Waals surface area (Å²) in [7, 11) is 0. The van der Waals surface area contributed by atoms with Crippen LogP contribution >= 0.6 is 11.8 Å². The number of carbonyl (C=O) groups excluding carboxylic acids is 1. The van der Waals surface area contributed by atoms with E-state index < -0.39 is 17.9 Å². The molecule has 3 aromatic rings. The molecule has 2 aromatic carbocycles. The third-order valence-corrected chi connectivity index (χ3v) is 6.12. The van der Waals surface area contributed by atoms with Gasteiger partial charge in [0.1, 0.15) is 11.6 Å². The van der Waals surface area contributed by atoms with Crippen LogP contribution in [0, 0.1) is 17.6 Å². The zero-order valence-corrected chi connectivity index (χ0v) is 18.7. The average molecular weight is 457 g/mol. The van der Waals surface area contributed by atoms with Gasteiger partial charge in [0, 0.05) is 29.4 Å². The third kappa shape index (κ3) is 4.29. The molecule has 1 aromatic heterocycles. The molecule has 0 fully saturated rings. The molecule has 0 aliphatic carbocycles. The van der Waals surface area contributed by atoms with Crippen LogP contribution in [0.4, 0.5) is 14.5 Å². The molecule has 166 valence electrons. The van der Waals surface area contributed by atoms with Gasteiger partial charge in [-0.15, -0.1) is 10.2 Å². The van der Waals surface area contributed by atoms with Crippen LogP contribution in [-0.2, 0) is 4.79 Å². The minimum Gasteiger partial charge on any atom is -0.447 e. The zero-order valence-electron chi connectivity index (χ0n) is 17.9. The second kappa shape index (κ2) is 9.20. The highest BCUT2D eigenvalue weighted by Crippen LogP contribution is 2.44. The number of rotatable bonds is 5. The Kier molecular flexibility index (Phi) is 6.36. The molecule has 0 saturated carbocycles. The molecular formula is C23H22F2N4O2S. The first kappa shape index (κ1) is 22.1. The lowest BCUT2D eigenvalue weighted by Gasteiger charge is -2.30. The molecule has 4 rings (SSSR count). The SMILES string of the molecule is CCC(=O)N1c2ccccc2-c2nnc(SCC(C)C)nc2OC1c1ccc(F)cc1F. The summed E-state index contributed by atoms with van der Waals surface area (Å²) in [6, 6.07) is 10.3. The van der Waals surface area contributed by atoms with Crippen LogP contribution in [0.1, 0.15) is 39.0 Å². The summed E-state index contributed by atoms with van der Waals surface area (Å²) in [6.07, 6.45) is -1.04. The van der Waals surface area contributed by atoms with Crippen molar-refractivity contribution in [3.05, 3.63) is 59.7 Å². The first-order valence-electron chi connectivity index (χ1n) is 10.3. The van der Waals surface area contributed by atoms with Crippen LogP contribution in [0.2, 0.25) is 0 Å². The lowest BCUT2D eigenvalue weighted by molar-refractivity contribution is -0.120. The maximum absolute atomic E-state index is 14.8. The minimum absolute atomic E-state index is 0.0193. The van der Waals surface area contributed by atoms with Gasteiger partial charge in [-0.25, -0.2) is 8.78 Å². The first-order chi connectivity index (χ1) is 15.4. The monoisotopic (exact) mass is 456 g/mol. The molecule has 1 aliphatic rings. The summed E-state index contributed by atoms with van der Waals surface area (Å²) in [4.78, 5) is 18.9. The van der Waals surface area contributed by atoms with Crippen molar-refractivity contribution in [2.75, 3.05) is 10.7 Å². The van der Waals surface area contributed by atoms with Gasteiger partial charge in [-0.05, 0) is 24.1 Å². The number of halogens is 2. The van der Waals surface area contributed by atoms with Gasteiger partial charge in [-0.1, -0.05) is 50.7 Å². The van der Waals surface area contributed by atoms with E-state index in [1.54, 1.807) is 31.2 Å². The van der Waals surface area contributed by atoms with Crippen molar-refractivity contribution in [2.24, 2.45) is 5.92 Å². The number of nitrogens with zero attached hydrogens (tertiary/aromatic N) is 4. The van der Waals surface area contributed by atoms with E-state index in [-0.39, 0.29) is 23.8 Å². The Bertz CT molecular complexity index is 1160. The van der Waals surface area contributed by atoms with Gasteiger partial charge < -0.3 is 4.74 Å². The minimum atomic E-state index is -1.19. The van der Waals surface area contributed by atoms with Gasteiger partial charge in [-0.2, -0.15) is 4.98 Å². The Morgan fingerprint density at radius 1 is 1.19 bits per heavy atom. The fraction of sp³-hybridized carbons (Fsp3) is 0.304. The molecule has 1 atom stereocenters. The molecule has 0 spiro atoms. The molecule has 1 amide bonds. The number of thioether (sulfide) groups is 1. The summed E-state index contributed by atoms with van der Waals surface area (Å²) in [5.74, 6) is -0.484. The Morgan fingerprint density at radius 3 is 2.69 bits per heavy atom. The van der Waals surface area contributed by atoms with E-state index in [9.17, 15) is 13.6 Å². The number of amides is 1. The van der Waals surface area contributed by atoms with Gasteiger partial charge >= 0.3 is 0 Å². The van der Waals surface area contributed by atoms with Crippen molar-refractivity contribution in [3.8, 4) is 17.1 Å². The number of hydrogen-bond acceptors (Lipinski definition) is 6. The van der Waals surface area contributed by atoms with Crippen molar-refractivity contribution in [1.82, 2.24) is 15.2 Å². The van der Waals surface area contributed by atoms with Crippen molar-refractivity contribution >= 4 is 23.4 Å². The number of anilines is 1. The Balaban J connectivity index is 1.90. The largest absolute Gasteiger partial charge is 0.447 e. The summed E-state index contributed by atoms with van der Waals surface area (Å²) in [6.45, 7) is 5.87. The molecule has 0 N–H and O–H groups in total. The van der Waals surface area contributed by atoms with Gasteiger partial charge in [0.2, 0.25) is 23.2 Å². The van der Waals surface area contributed by atoms with Crippen LogP contribution in [0.3, 0.4) is 0 Å². The summed E-state index contributed by atoms with van der Waals surface area (Å²) >= 11 is 1.43. The summed E-state index contributed by atoms with van der Waals surface area (Å²) in [5.41, 5.74) is 1.46. The second-order valence-corrected chi connectivity index (χ2v) is 8.71. The van der Waals surface area contributed by atoms with E-state index >= 15 is 0 Å². The molecule has 1 unspecified atom stereocenters. The van der Waals surface area contributed by atoms with Crippen LogP contribution in [-0.4, -0.2) is 26.8 Å². The van der Waals surface area contributed by atoms with Gasteiger partial charge in [0.15, 0.2) is 5.69 Å². The molecule has 0 saturated heterocycles. The number of aromatic nitrogens is 3. The molecule has 9 heteroatoms. The van der Waals surface area contributed by atoms with Crippen molar-refractivity contribution in [1.29, 1.82) is 0 Å². The molecule has 1 aliphatic heterocycles. The van der Waals surface area contributed by atoms with E-state index in [4.69, 9.17) is 4.74 Å². The summed E-state index contributed by atoms with van der Waals surface area (Å²) < 4.78 is 34.6. The maximum Gasteiger partial charge on any atom is 0.247 e. The van der Waals surface area contributed by atoms with E-state index in [2.05, 4.69) is 29.0 Å². The smallest absolute Gasteiger partial charge is 0.247 e. The molecule has 0 radical (unpaired) electrons. The molecular weight excluding hydrogens is 434 g/mol. The predicted molar refractivity (Wildman–Crippen MR) is 118 cm³/mol. The lowest BCUT2D eigenvalue weighted by Crippen LogP contribution is -2.37. The number of hydrogen-bond donors (Lipinski definition) is 0. The second-order valence-electron chi connectivity index (χ2n) is 7.72. The van der Waals surface area contributed by atoms with Crippen molar-refractivity contribution < 1.29 is 18.3 Å². The molecule has 0 bridgehead atoms. The van der Waals surface area contributed by atoms with Gasteiger partial charge in [0.25, 0.3) is 0 Å². The Hall–Kier alpha value is -3.07. The van der Waals surface area contributed by atoms with Gasteiger partial charge in [0.05, 0.1) is 5.69 Å². The van der Waals surface area contributed by atoms with E-state index in [1.807, 2.05) is 0 Å². The van der Waals surface area contributed by atoms with E-state index in [0.717, 1.165) is 17.9 Å². The standard InChI is InChI=1S/C23H22F2N4O2S/c1-4-19(30)29-18-8-6-5-7-16(18)20-21(26-23(28-27-20)32-12-13(2)3)31-22(29)15-10-9-14(24)11-17(15)25/h5-11,13,22H,4,12H2,1-3H3. The highest BCUT2D eigenvalue weighted by atomic mass is 32.2. The van der Waals surface area contributed by atoms with Crippen LogP contribution in [0.25, 0.3) is 11.3 Å². The maximum atomic E-state index is 14.8. The number of benzene rings is 2. The number of carbonyl (C=O) groups is 1. The van der Waals surface area contributed by atoms with Crippen molar-refractivity contribution in [3.63, 3.8) is 0 Å². The van der Waals surface area contributed by atoms with Crippen molar-refractivity contribution in [2.45, 2.75) is 38.6 Å². The fourth-order valence-corrected chi connectivity index (χ4v) is 4.09. The first-order valence-corrected chi connectivity index (χ1v) is 11.3. The number of fused-ring (bicyclic) bond motifs is 3. The van der Waals surface area contributed by atoms with Crippen LogP contribution in [0.5, 0.6) is 5.88 Å². The molecule has 2 heterocycles.